The summed E-state index contributed by atoms with van der Waals surface area (Å²) in [6.45, 7) is 8.12. The van der Waals surface area contributed by atoms with Crippen LogP contribution < -0.4 is 10.6 Å². The van der Waals surface area contributed by atoms with Crippen LogP contribution in [0.15, 0.2) is 24.4 Å². The third-order valence-corrected chi connectivity index (χ3v) is 5.24. The van der Waals surface area contributed by atoms with Crippen LogP contribution in [0.5, 0.6) is 0 Å². The first-order valence-electron chi connectivity index (χ1n) is 7.95. The number of amides is 1. The Morgan fingerprint density at radius 3 is 2.82 bits per heavy atom. The monoisotopic (exact) mass is 298 g/mol. The number of aromatic nitrogens is 2. The van der Waals surface area contributed by atoms with Crippen molar-refractivity contribution in [2.45, 2.75) is 26.3 Å². The molecule has 1 aliphatic heterocycles. The maximum absolute atomic E-state index is 12.6. The van der Waals surface area contributed by atoms with Crippen LogP contribution in [0.1, 0.15) is 25.1 Å². The summed E-state index contributed by atoms with van der Waals surface area (Å²) in [5.74, 6) is 1.47. The van der Waals surface area contributed by atoms with Crippen LogP contribution >= 0.6 is 0 Å². The molecule has 0 unspecified atom stereocenters. The first-order chi connectivity index (χ1) is 10.5. The van der Waals surface area contributed by atoms with Gasteiger partial charge < -0.3 is 10.6 Å². The fourth-order valence-corrected chi connectivity index (χ4v) is 3.90. The van der Waals surface area contributed by atoms with Crippen molar-refractivity contribution in [1.29, 1.82) is 0 Å². The van der Waals surface area contributed by atoms with Gasteiger partial charge in [-0.05, 0) is 57.8 Å². The molecule has 1 saturated heterocycles. The number of nitrogens with zero attached hydrogens (tertiary/aromatic N) is 2. The molecule has 1 saturated carbocycles. The Morgan fingerprint density at radius 2 is 2.09 bits per heavy atom. The molecule has 22 heavy (non-hydrogen) atoms. The molecule has 3 atom stereocenters. The van der Waals surface area contributed by atoms with E-state index >= 15 is 0 Å². The quantitative estimate of drug-likeness (QED) is 0.902. The molecule has 1 aliphatic carbocycles. The zero-order valence-electron chi connectivity index (χ0n) is 13.3. The van der Waals surface area contributed by atoms with Crippen molar-refractivity contribution in [3.8, 4) is 0 Å². The SMILES string of the molecule is Cc1cccc2c(C(C)(C)NC(=O)[C@H]3[C@@H]4CNC[C@@H]43)cnn12. The number of nitrogens with one attached hydrogen (secondary N) is 2. The Labute approximate surface area is 130 Å². The first-order valence-corrected chi connectivity index (χ1v) is 7.95. The van der Waals surface area contributed by atoms with E-state index in [1.54, 1.807) is 0 Å². The van der Waals surface area contributed by atoms with Crippen LogP contribution in [0.2, 0.25) is 0 Å². The lowest BCUT2D eigenvalue weighted by atomic mass is 9.95. The summed E-state index contributed by atoms with van der Waals surface area (Å²) >= 11 is 0. The maximum atomic E-state index is 12.6. The largest absolute Gasteiger partial charge is 0.347 e. The fourth-order valence-electron chi connectivity index (χ4n) is 3.90. The second kappa shape index (κ2) is 4.56. The topological polar surface area (TPSA) is 58.4 Å². The van der Waals surface area contributed by atoms with Crippen molar-refractivity contribution in [3.63, 3.8) is 0 Å². The van der Waals surface area contributed by atoms with Gasteiger partial charge >= 0.3 is 0 Å². The highest BCUT2D eigenvalue weighted by molar-refractivity contribution is 5.83. The van der Waals surface area contributed by atoms with Gasteiger partial charge in [0, 0.05) is 17.2 Å². The molecular formula is C17H22N4O. The van der Waals surface area contributed by atoms with Gasteiger partial charge in [0.15, 0.2) is 0 Å². The van der Waals surface area contributed by atoms with Crippen LogP contribution in [0.3, 0.4) is 0 Å². The third kappa shape index (κ3) is 1.96. The molecule has 2 aliphatic rings. The normalized spacial score (nSPS) is 27.0. The Balaban J connectivity index is 1.59. The average Bonchev–Trinajstić information content (AvgIpc) is 2.85. The van der Waals surface area contributed by atoms with Crippen molar-refractivity contribution in [2.75, 3.05) is 13.1 Å². The maximum Gasteiger partial charge on any atom is 0.224 e. The van der Waals surface area contributed by atoms with Crippen LogP contribution in [-0.4, -0.2) is 28.6 Å². The zero-order valence-corrected chi connectivity index (χ0v) is 13.3. The van der Waals surface area contributed by atoms with Crippen LogP contribution in [0.4, 0.5) is 0 Å². The van der Waals surface area contributed by atoms with Gasteiger partial charge in [0.2, 0.25) is 5.91 Å². The summed E-state index contributed by atoms with van der Waals surface area (Å²) < 4.78 is 1.93. The van der Waals surface area contributed by atoms with Gasteiger partial charge in [0.25, 0.3) is 0 Å². The number of aryl methyl sites for hydroxylation is 1. The lowest BCUT2D eigenvalue weighted by Crippen LogP contribution is -2.43. The van der Waals surface area contributed by atoms with E-state index in [4.69, 9.17) is 0 Å². The summed E-state index contributed by atoms with van der Waals surface area (Å²) in [4.78, 5) is 12.6. The zero-order chi connectivity index (χ0) is 15.5. The summed E-state index contributed by atoms with van der Waals surface area (Å²) in [6, 6.07) is 6.12. The third-order valence-electron chi connectivity index (χ3n) is 5.24. The molecule has 1 amide bonds. The molecular weight excluding hydrogens is 276 g/mol. The summed E-state index contributed by atoms with van der Waals surface area (Å²) in [6.07, 6.45) is 1.87. The highest BCUT2D eigenvalue weighted by atomic mass is 16.2. The molecule has 2 aromatic heterocycles. The van der Waals surface area contributed by atoms with Crippen molar-refractivity contribution in [1.82, 2.24) is 20.2 Å². The van der Waals surface area contributed by atoms with Gasteiger partial charge in [-0.1, -0.05) is 6.07 Å². The van der Waals surface area contributed by atoms with E-state index < -0.39 is 5.54 Å². The van der Waals surface area contributed by atoms with Gasteiger partial charge in [-0.25, -0.2) is 4.52 Å². The van der Waals surface area contributed by atoms with Crippen molar-refractivity contribution < 1.29 is 4.79 Å². The second-order valence-corrected chi connectivity index (χ2v) is 7.15. The number of pyridine rings is 1. The molecule has 0 spiro atoms. The van der Waals surface area contributed by atoms with Gasteiger partial charge in [-0.3, -0.25) is 4.79 Å². The van der Waals surface area contributed by atoms with E-state index in [1.807, 2.05) is 29.8 Å². The molecule has 2 aromatic rings. The summed E-state index contributed by atoms with van der Waals surface area (Å²) in [5.41, 5.74) is 2.79. The molecule has 0 bridgehead atoms. The van der Waals surface area contributed by atoms with Crippen LogP contribution in [0, 0.1) is 24.7 Å². The molecule has 0 aromatic carbocycles. The molecule has 4 rings (SSSR count). The van der Waals surface area contributed by atoms with E-state index in [9.17, 15) is 4.79 Å². The van der Waals surface area contributed by atoms with Gasteiger partial charge in [0.1, 0.15) is 0 Å². The van der Waals surface area contributed by atoms with Crippen LogP contribution in [0.25, 0.3) is 5.52 Å². The Hall–Kier alpha value is -1.88. The number of hydrogen-bond acceptors (Lipinski definition) is 3. The molecule has 5 heteroatoms. The Bertz CT molecular complexity index is 738. The first kappa shape index (κ1) is 13.8. The van der Waals surface area contributed by atoms with Crippen molar-refractivity contribution in [3.05, 3.63) is 35.7 Å². The highest BCUT2D eigenvalue weighted by Gasteiger charge is 2.57. The minimum atomic E-state index is -0.420. The predicted octanol–water partition coefficient (Wildman–Crippen LogP) is 1.46. The number of carbonyl (C=O) groups excluding carboxylic acids is 1. The minimum absolute atomic E-state index is 0.188. The Morgan fingerprint density at radius 1 is 1.36 bits per heavy atom. The highest BCUT2D eigenvalue weighted by Crippen LogP contribution is 2.49. The van der Waals surface area contributed by atoms with Gasteiger partial charge in [0.05, 0.1) is 17.3 Å². The lowest BCUT2D eigenvalue weighted by molar-refractivity contribution is -0.124. The van der Waals surface area contributed by atoms with Crippen molar-refractivity contribution >= 4 is 11.4 Å². The number of rotatable bonds is 3. The second-order valence-electron chi connectivity index (χ2n) is 7.15. The lowest BCUT2D eigenvalue weighted by Gasteiger charge is -2.26. The van der Waals surface area contributed by atoms with Gasteiger partial charge in [-0.15, -0.1) is 0 Å². The molecule has 116 valence electrons. The smallest absolute Gasteiger partial charge is 0.224 e. The van der Waals surface area contributed by atoms with E-state index in [0.29, 0.717) is 11.8 Å². The molecule has 0 radical (unpaired) electrons. The summed E-state index contributed by atoms with van der Waals surface area (Å²) in [7, 11) is 0. The predicted molar refractivity (Wildman–Crippen MR) is 84.4 cm³/mol. The number of piperidine rings is 1. The summed E-state index contributed by atoms with van der Waals surface area (Å²) in [5, 5.41) is 11.0. The van der Waals surface area contributed by atoms with Crippen LogP contribution in [-0.2, 0) is 10.3 Å². The van der Waals surface area contributed by atoms with E-state index in [-0.39, 0.29) is 11.8 Å². The van der Waals surface area contributed by atoms with E-state index in [0.717, 1.165) is 29.9 Å². The average molecular weight is 298 g/mol. The molecule has 3 heterocycles. The Kier molecular flexibility index (Phi) is 2.85. The van der Waals surface area contributed by atoms with Crippen molar-refractivity contribution in [2.24, 2.45) is 17.8 Å². The van der Waals surface area contributed by atoms with Gasteiger partial charge in [-0.2, -0.15) is 5.10 Å². The van der Waals surface area contributed by atoms with E-state index in [2.05, 4.69) is 35.6 Å². The minimum Gasteiger partial charge on any atom is -0.347 e. The molecule has 5 nitrogen and oxygen atoms in total. The fraction of sp³-hybridized carbons (Fsp3) is 0.529. The molecule has 2 fully saturated rings. The molecule has 2 N–H and O–H groups in total. The van der Waals surface area contributed by atoms with E-state index in [1.165, 1.54) is 0 Å². The number of fused-ring (bicyclic) bond motifs is 2. The number of hydrogen-bond donors (Lipinski definition) is 2. The standard InChI is InChI=1S/C17H22N4O/c1-10-5-4-6-14-13(9-19-21(10)14)17(2,3)20-16(22)15-11-7-18-8-12(11)15/h4-6,9,11-12,15,18H,7-8H2,1-3H3,(H,20,22)/t11-,12+,15+. The number of carbonyl (C=O) groups is 1.